The van der Waals surface area contributed by atoms with Crippen LogP contribution in [0.4, 0.5) is 8.78 Å². The van der Waals surface area contributed by atoms with Crippen LogP contribution in [0.5, 0.6) is 0 Å². The summed E-state index contributed by atoms with van der Waals surface area (Å²) in [7, 11) is 0. The van der Waals surface area contributed by atoms with E-state index in [0.717, 1.165) is 6.92 Å². The molecule has 0 aliphatic heterocycles. The molecule has 0 spiro atoms. The lowest BCUT2D eigenvalue weighted by Gasteiger charge is -2.17. The highest BCUT2D eigenvalue weighted by atomic mass is 19.2. The average Bonchev–Trinajstić information content (AvgIpc) is 2.12. The second-order valence-corrected chi connectivity index (χ2v) is 3.67. The van der Waals surface area contributed by atoms with Gasteiger partial charge in [-0.3, -0.25) is 9.79 Å². The van der Waals surface area contributed by atoms with Crippen molar-refractivity contribution in [1.29, 1.82) is 0 Å². The van der Waals surface area contributed by atoms with E-state index in [1.807, 2.05) is 0 Å². The van der Waals surface area contributed by atoms with Gasteiger partial charge in [0.15, 0.2) is 5.83 Å². The SMILES string of the molecule is CC(N)=NC/C(F)=C(\F)CC(C)(N)C(=O)O. The second-order valence-electron chi connectivity index (χ2n) is 3.67. The maximum absolute atomic E-state index is 13.2. The van der Waals surface area contributed by atoms with Gasteiger partial charge in [0.05, 0.1) is 12.4 Å². The summed E-state index contributed by atoms with van der Waals surface area (Å²) in [4.78, 5) is 14.0. The first-order valence-corrected chi connectivity index (χ1v) is 4.48. The van der Waals surface area contributed by atoms with Crippen LogP contribution in [0.25, 0.3) is 0 Å². The lowest BCUT2D eigenvalue weighted by atomic mass is 9.98. The summed E-state index contributed by atoms with van der Waals surface area (Å²) in [5.41, 5.74) is 8.54. The molecule has 0 rings (SSSR count). The molecule has 5 nitrogen and oxygen atoms in total. The van der Waals surface area contributed by atoms with Gasteiger partial charge in [-0.1, -0.05) is 0 Å². The molecule has 0 aromatic carbocycles. The number of aliphatic imine (C=N–C) groups is 1. The molecular formula is C9H15F2N3O2. The van der Waals surface area contributed by atoms with E-state index in [9.17, 15) is 13.6 Å². The van der Waals surface area contributed by atoms with Crippen molar-refractivity contribution in [3.05, 3.63) is 11.7 Å². The molecule has 0 aliphatic rings. The van der Waals surface area contributed by atoms with Crippen molar-refractivity contribution in [3.8, 4) is 0 Å². The molecule has 5 N–H and O–H groups in total. The molecule has 0 bridgehead atoms. The normalized spacial score (nSPS) is 17.7. The van der Waals surface area contributed by atoms with E-state index in [1.54, 1.807) is 0 Å². The van der Waals surface area contributed by atoms with Crippen LogP contribution in [-0.2, 0) is 4.79 Å². The Labute approximate surface area is 91.8 Å². The van der Waals surface area contributed by atoms with E-state index < -0.39 is 36.1 Å². The van der Waals surface area contributed by atoms with E-state index in [0.29, 0.717) is 0 Å². The van der Waals surface area contributed by atoms with Gasteiger partial charge in [0, 0.05) is 6.42 Å². The topological polar surface area (TPSA) is 102 Å². The fourth-order valence-electron chi connectivity index (χ4n) is 0.774. The van der Waals surface area contributed by atoms with Crippen LogP contribution >= 0.6 is 0 Å². The summed E-state index contributed by atoms with van der Waals surface area (Å²) < 4.78 is 26.2. The summed E-state index contributed by atoms with van der Waals surface area (Å²) in [5.74, 6) is -3.69. The van der Waals surface area contributed by atoms with Crippen LogP contribution < -0.4 is 11.5 Å². The number of nitrogens with two attached hydrogens (primary N) is 2. The standard InChI is InChI=1S/C9H15F2N3O2/c1-5(12)14-4-7(11)6(10)3-9(2,13)8(15)16/h3-4,13H2,1-2H3,(H2,12,14)(H,15,16)/b7-6+. The third-order valence-electron chi connectivity index (χ3n) is 1.77. The van der Waals surface area contributed by atoms with E-state index in [1.165, 1.54) is 6.92 Å². The predicted octanol–water partition coefficient (Wildman–Crippen LogP) is 0.706. The monoisotopic (exact) mass is 235 g/mol. The van der Waals surface area contributed by atoms with E-state index in [-0.39, 0.29) is 5.84 Å². The number of carbonyl (C=O) groups is 1. The quantitative estimate of drug-likeness (QED) is 0.482. The van der Waals surface area contributed by atoms with Crippen LogP contribution in [0, 0.1) is 0 Å². The fourth-order valence-corrected chi connectivity index (χ4v) is 0.774. The van der Waals surface area contributed by atoms with Crippen LogP contribution in [0.1, 0.15) is 20.3 Å². The molecule has 1 unspecified atom stereocenters. The number of amidine groups is 1. The fraction of sp³-hybridized carbons (Fsp3) is 0.556. The summed E-state index contributed by atoms with van der Waals surface area (Å²) in [6.07, 6.45) is -0.729. The van der Waals surface area contributed by atoms with Crippen LogP contribution in [0.15, 0.2) is 16.6 Å². The molecule has 0 aromatic rings. The van der Waals surface area contributed by atoms with E-state index >= 15 is 0 Å². The number of carboxylic acids is 1. The van der Waals surface area contributed by atoms with Crippen LogP contribution in [0.3, 0.4) is 0 Å². The molecule has 0 heterocycles. The Balaban J connectivity index is 4.66. The number of nitrogens with zero attached hydrogens (tertiary/aromatic N) is 1. The molecule has 0 saturated heterocycles. The van der Waals surface area contributed by atoms with Gasteiger partial charge in [-0.05, 0) is 13.8 Å². The van der Waals surface area contributed by atoms with Gasteiger partial charge in [-0.15, -0.1) is 0 Å². The molecule has 0 aromatic heterocycles. The highest BCUT2D eigenvalue weighted by molar-refractivity contribution is 5.78. The second kappa shape index (κ2) is 5.55. The molecule has 0 aliphatic carbocycles. The van der Waals surface area contributed by atoms with Gasteiger partial charge in [0.25, 0.3) is 0 Å². The Bertz CT molecular complexity index is 334. The maximum Gasteiger partial charge on any atom is 0.323 e. The van der Waals surface area contributed by atoms with Gasteiger partial charge in [0.2, 0.25) is 0 Å². The van der Waals surface area contributed by atoms with Crippen molar-refractivity contribution in [1.82, 2.24) is 0 Å². The zero-order chi connectivity index (χ0) is 12.9. The average molecular weight is 235 g/mol. The number of hydrogen-bond donors (Lipinski definition) is 3. The van der Waals surface area contributed by atoms with Crippen LogP contribution in [-0.4, -0.2) is 29.0 Å². The van der Waals surface area contributed by atoms with Crippen molar-refractivity contribution >= 4 is 11.8 Å². The van der Waals surface area contributed by atoms with Gasteiger partial charge >= 0.3 is 5.97 Å². The Kier molecular flexibility index (Phi) is 5.03. The van der Waals surface area contributed by atoms with Gasteiger partial charge in [-0.25, -0.2) is 8.78 Å². The van der Waals surface area contributed by atoms with Crippen molar-refractivity contribution in [2.24, 2.45) is 16.5 Å². The number of halogens is 2. The summed E-state index contributed by atoms with van der Waals surface area (Å²) in [5, 5.41) is 8.61. The molecule has 0 radical (unpaired) electrons. The third kappa shape index (κ3) is 4.83. The molecule has 0 fully saturated rings. The van der Waals surface area contributed by atoms with Gasteiger partial charge < -0.3 is 16.6 Å². The highest BCUT2D eigenvalue weighted by Gasteiger charge is 2.30. The summed E-state index contributed by atoms with van der Waals surface area (Å²) in [6, 6.07) is 0. The van der Waals surface area contributed by atoms with Crippen molar-refractivity contribution < 1.29 is 18.7 Å². The van der Waals surface area contributed by atoms with Gasteiger partial charge in [0.1, 0.15) is 11.4 Å². The summed E-state index contributed by atoms with van der Waals surface area (Å²) >= 11 is 0. The summed E-state index contributed by atoms with van der Waals surface area (Å²) in [6.45, 7) is 1.97. The smallest absolute Gasteiger partial charge is 0.323 e. The zero-order valence-electron chi connectivity index (χ0n) is 9.13. The predicted molar refractivity (Wildman–Crippen MR) is 56.3 cm³/mol. The molecule has 16 heavy (non-hydrogen) atoms. The maximum atomic E-state index is 13.2. The minimum Gasteiger partial charge on any atom is -0.480 e. The lowest BCUT2D eigenvalue weighted by Crippen LogP contribution is -2.44. The first kappa shape index (κ1) is 14.5. The van der Waals surface area contributed by atoms with E-state index in [2.05, 4.69) is 4.99 Å². The molecule has 0 amide bonds. The third-order valence-corrected chi connectivity index (χ3v) is 1.77. The molecular weight excluding hydrogens is 220 g/mol. The minimum atomic E-state index is -1.84. The van der Waals surface area contributed by atoms with Crippen LogP contribution in [0.2, 0.25) is 0 Å². The number of aliphatic carboxylic acids is 1. The van der Waals surface area contributed by atoms with Crippen molar-refractivity contribution in [3.63, 3.8) is 0 Å². The van der Waals surface area contributed by atoms with E-state index in [4.69, 9.17) is 16.6 Å². The largest absolute Gasteiger partial charge is 0.480 e. The zero-order valence-corrected chi connectivity index (χ0v) is 9.13. The first-order valence-electron chi connectivity index (χ1n) is 4.48. The Hall–Kier alpha value is -1.50. The molecule has 7 heteroatoms. The first-order chi connectivity index (χ1) is 7.16. The minimum absolute atomic E-state index is 0.108. The Morgan fingerprint density at radius 3 is 2.31 bits per heavy atom. The molecule has 1 atom stereocenters. The lowest BCUT2D eigenvalue weighted by molar-refractivity contribution is -0.142. The Morgan fingerprint density at radius 2 is 1.94 bits per heavy atom. The molecule has 0 saturated carbocycles. The van der Waals surface area contributed by atoms with Gasteiger partial charge in [-0.2, -0.15) is 0 Å². The number of hydrogen-bond acceptors (Lipinski definition) is 3. The number of rotatable bonds is 5. The number of carboxylic acid groups (broad SMARTS) is 1. The molecule has 92 valence electrons. The Morgan fingerprint density at radius 1 is 1.44 bits per heavy atom. The van der Waals surface area contributed by atoms with Crippen molar-refractivity contribution in [2.75, 3.05) is 6.54 Å². The highest BCUT2D eigenvalue weighted by Crippen LogP contribution is 2.19. The van der Waals surface area contributed by atoms with Crippen molar-refractivity contribution in [2.45, 2.75) is 25.8 Å².